The van der Waals surface area contributed by atoms with Gasteiger partial charge in [0.2, 0.25) is 0 Å². The largest absolute Gasteiger partial charge is 0.312 e. The maximum Gasteiger partial charge on any atom is 0.0239 e. The highest BCUT2D eigenvalue weighted by Gasteiger charge is 2.34. The average Bonchev–Trinajstić information content (AvgIpc) is 2.76. The lowest BCUT2D eigenvalue weighted by molar-refractivity contribution is 0.311. The number of nitrogens with one attached hydrogen (secondary N) is 1. The Morgan fingerprint density at radius 3 is 2.58 bits per heavy atom. The third-order valence-corrected chi connectivity index (χ3v) is 4.90. The minimum Gasteiger partial charge on any atom is -0.312 e. The minimum atomic E-state index is 0.750. The molecule has 0 bridgehead atoms. The van der Waals surface area contributed by atoms with Crippen LogP contribution in [0, 0.1) is 26.7 Å². The van der Waals surface area contributed by atoms with Gasteiger partial charge in [0, 0.05) is 25.7 Å². The summed E-state index contributed by atoms with van der Waals surface area (Å²) in [5, 5.41) is 3.69. The molecular weight excluding hydrogens is 232 g/mol. The van der Waals surface area contributed by atoms with Gasteiger partial charge in [0.25, 0.3) is 0 Å². The van der Waals surface area contributed by atoms with Crippen LogP contribution in [0.3, 0.4) is 0 Å². The molecular formula is C17H26N2. The molecule has 2 aliphatic heterocycles. The van der Waals surface area contributed by atoms with Gasteiger partial charge >= 0.3 is 0 Å². The Kier molecular flexibility index (Phi) is 3.64. The maximum atomic E-state index is 3.69. The van der Waals surface area contributed by atoms with Crippen LogP contribution in [0.25, 0.3) is 0 Å². The predicted octanol–water partition coefficient (Wildman–Crippen LogP) is 2.80. The van der Waals surface area contributed by atoms with E-state index in [1.807, 2.05) is 0 Å². The van der Waals surface area contributed by atoms with Crippen molar-refractivity contribution >= 4 is 0 Å². The molecule has 2 saturated heterocycles. The van der Waals surface area contributed by atoms with Crippen LogP contribution in [0.5, 0.6) is 0 Å². The number of likely N-dealkylation sites (tertiary alicyclic amines) is 1. The van der Waals surface area contributed by atoms with E-state index in [0.29, 0.717) is 0 Å². The average molecular weight is 258 g/mol. The van der Waals surface area contributed by atoms with Crippen molar-refractivity contribution in [2.24, 2.45) is 5.92 Å². The molecule has 0 aliphatic carbocycles. The number of fused-ring (bicyclic) bond motifs is 1. The molecule has 2 atom stereocenters. The van der Waals surface area contributed by atoms with Gasteiger partial charge in [-0.3, -0.25) is 4.90 Å². The Bertz CT molecular complexity index is 429. The Hall–Kier alpha value is -0.860. The lowest BCUT2D eigenvalue weighted by Crippen LogP contribution is -2.40. The van der Waals surface area contributed by atoms with E-state index in [0.717, 1.165) is 18.5 Å². The summed E-state index contributed by atoms with van der Waals surface area (Å²) in [6.07, 6.45) is 2.78. The molecule has 1 aromatic rings. The second kappa shape index (κ2) is 5.26. The van der Waals surface area contributed by atoms with Crippen molar-refractivity contribution in [3.8, 4) is 0 Å². The lowest BCUT2D eigenvalue weighted by atomic mass is 9.94. The van der Waals surface area contributed by atoms with Crippen molar-refractivity contribution in [3.05, 3.63) is 34.4 Å². The monoisotopic (exact) mass is 258 g/mol. The fourth-order valence-corrected chi connectivity index (χ4v) is 3.95. The summed E-state index contributed by atoms with van der Waals surface area (Å²) < 4.78 is 0. The summed E-state index contributed by atoms with van der Waals surface area (Å²) >= 11 is 0. The van der Waals surface area contributed by atoms with Crippen molar-refractivity contribution in [2.45, 2.75) is 46.2 Å². The van der Waals surface area contributed by atoms with Gasteiger partial charge in [-0.2, -0.15) is 0 Å². The maximum absolute atomic E-state index is 3.69. The van der Waals surface area contributed by atoms with Crippen molar-refractivity contribution in [1.29, 1.82) is 0 Å². The summed E-state index contributed by atoms with van der Waals surface area (Å²) in [7, 11) is 0. The van der Waals surface area contributed by atoms with Gasteiger partial charge in [-0.25, -0.2) is 0 Å². The molecule has 0 saturated carbocycles. The van der Waals surface area contributed by atoms with E-state index in [2.05, 4.69) is 43.1 Å². The smallest absolute Gasteiger partial charge is 0.0239 e. The van der Waals surface area contributed by atoms with Crippen LogP contribution >= 0.6 is 0 Å². The summed E-state index contributed by atoms with van der Waals surface area (Å²) in [4.78, 5) is 2.65. The van der Waals surface area contributed by atoms with E-state index in [1.165, 1.54) is 49.2 Å². The van der Waals surface area contributed by atoms with E-state index < -0.39 is 0 Å². The van der Waals surface area contributed by atoms with Gasteiger partial charge in [0.05, 0.1) is 0 Å². The van der Waals surface area contributed by atoms with Crippen LogP contribution in [0.1, 0.15) is 35.1 Å². The van der Waals surface area contributed by atoms with E-state index in [4.69, 9.17) is 0 Å². The predicted molar refractivity (Wildman–Crippen MR) is 80.4 cm³/mol. The Morgan fingerprint density at radius 2 is 1.89 bits per heavy atom. The molecule has 2 nitrogen and oxygen atoms in total. The van der Waals surface area contributed by atoms with E-state index in [9.17, 15) is 0 Å². The number of hydrogen-bond donors (Lipinski definition) is 1. The first kappa shape index (κ1) is 13.1. The number of aryl methyl sites for hydroxylation is 3. The van der Waals surface area contributed by atoms with E-state index in [-0.39, 0.29) is 0 Å². The molecule has 0 aromatic heterocycles. The fourth-order valence-electron chi connectivity index (χ4n) is 3.95. The van der Waals surface area contributed by atoms with Crippen LogP contribution in [-0.2, 0) is 6.54 Å². The van der Waals surface area contributed by atoms with Crippen molar-refractivity contribution in [3.63, 3.8) is 0 Å². The highest BCUT2D eigenvalue weighted by molar-refractivity contribution is 5.37. The normalized spacial score (nSPS) is 27.5. The zero-order chi connectivity index (χ0) is 13.4. The van der Waals surface area contributed by atoms with Crippen molar-refractivity contribution < 1.29 is 0 Å². The molecule has 0 unspecified atom stereocenters. The number of hydrogen-bond acceptors (Lipinski definition) is 2. The number of rotatable bonds is 2. The van der Waals surface area contributed by atoms with E-state index >= 15 is 0 Å². The SMILES string of the molecule is Cc1cc(C)c(CN2C[C@@H]3CCCN[C@@H]3C2)c(C)c1. The molecule has 2 aliphatic rings. The van der Waals surface area contributed by atoms with Gasteiger partial charge < -0.3 is 5.32 Å². The van der Waals surface area contributed by atoms with Crippen LogP contribution in [0.2, 0.25) is 0 Å². The number of benzene rings is 1. The second-order valence-corrected chi connectivity index (χ2v) is 6.53. The summed E-state index contributed by atoms with van der Waals surface area (Å²) in [6.45, 7) is 11.6. The first-order valence-corrected chi connectivity index (χ1v) is 7.66. The quantitative estimate of drug-likeness (QED) is 0.877. The molecule has 104 valence electrons. The molecule has 2 heteroatoms. The third-order valence-electron chi connectivity index (χ3n) is 4.90. The van der Waals surface area contributed by atoms with Crippen LogP contribution < -0.4 is 5.32 Å². The topological polar surface area (TPSA) is 15.3 Å². The Morgan fingerprint density at radius 1 is 1.16 bits per heavy atom. The number of piperidine rings is 1. The number of nitrogens with zero attached hydrogens (tertiary/aromatic N) is 1. The van der Waals surface area contributed by atoms with Crippen molar-refractivity contribution in [2.75, 3.05) is 19.6 Å². The molecule has 1 N–H and O–H groups in total. The van der Waals surface area contributed by atoms with Gasteiger partial charge in [0.1, 0.15) is 0 Å². The molecule has 0 amide bonds. The van der Waals surface area contributed by atoms with Crippen LogP contribution in [-0.4, -0.2) is 30.6 Å². The zero-order valence-corrected chi connectivity index (χ0v) is 12.5. The molecule has 1 aromatic carbocycles. The van der Waals surface area contributed by atoms with Crippen LogP contribution in [0.4, 0.5) is 0 Å². The summed E-state index contributed by atoms with van der Waals surface area (Å²) in [5.74, 6) is 0.889. The first-order chi connectivity index (χ1) is 9.13. The van der Waals surface area contributed by atoms with E-state index in [1.54, 1.807) is 5.56 Å². The Balaban J connectivity index is 1.72. The fraction of sp³-hybridized carbons (Fsp3) is 0.647. The first-order valence-electron chi connectivity index (χ1n) is 7.66. The third kappa shape index (κ3) is 2.70. The summed E-state index contributed by atoms with van der Waals surface area (Å²) in [6, 6.07) is 5.40. The summed E-state index contributed by atoms with van der Waals surface area (Å²) in [5.41, 5.74) is 5.85. The standard InChI is InChI=1S/C17H26N2/c1-12-7-13(2)16(14(3)8-12)10-19-9-15-5-4-6-18-17(15)11-19/h7-8,15,17-18H,4-6,9-11H2,1-3H3/t15-,17+/m0/s1. The molecule has 2 fully saturated rings. The molecule has 19 heavy (non-hydrogen) atoms. The van der Waals surface area contributed by atoms with Gasteiger partial charge in [0.15, 0.2) is 0 Å². The zero-order valence-electron chi connectivity index (χ0n) is 12.5. The van der Waals surface area contributed by atoms with Gasteiger partial charge in [-0.15, -0.1) is 0 Å². The Labute approximate surface area is 117 Å². The highest BCUT2D eigenvalue weighted by Crippen LogP contribution is 2.27. The molecule has 2 heterocycles. The second-order valence-electron chi connectivity index (χ2n) is 6.53. The molecule has 0 spiro atoms. The van der Waals surface area contributed by atoms with Crippen molar-refractivity contribution in [1.82, 2.24) is 10.2 Å². The highest BCUT2D eigenvalue weighted by atomic mass is 15.2. The minimum absolute atomic E-state index is 0.750. The van der Waals surface area contributed by atoms with Crippen LogP contribution in [0.15, 0.2) is 12.1 Å². The lowest BCUT2D eigenvalue weighted by Gasteiger charge is -2.24. The molecule has 3 rings (SSSR count). The van der Waals surface area contributed by atoms with Gasteiger partial charge in [-0.1, -0.05) is 17.7 Å². The molecule has 0 radical (unpaired) electrons. The van der Waals surface area contributed by atoms with Gasteiger partial charge in [-0.05, 0) is 62.8 Å².